The van der Waals surface area contributed by atoms with Crippen LogP contribution in [0.15, 0.2) is 0 Å². The van der Waals surface area contributed by atoms with E-state index < -0.39 is 0 Å². The molecule has 1 heterocycles. The first-order chi connectivity index (χ1) is 7.72. The van der Waals surface area contributed by atoms with E-state index in [-0.39, 0.29) is 0 Å². The lowest BCUT2D eigenvalue weighted by molar-refractivity contribution is 0.315. The van der Waals surface area contributed by atoms with E-state index in [1.807, 2.05) is 11.8 Å². The largest absolute Gasteiger partial charge is 0.314 e. The normalized spacial score (nSPS) is 22.1. The second kappa shape index (κ2) is 8.37. The Morgan fingerprint density at radius 1 is 1.38 bits per heavy atom. The summed E-state index contributed by atoms with van der Waals surface area (Å²) in [6.45, 7) is 9.63. The lowest BCUT2D eigenvalue weighted by Crippen LogP contribution is -2.31. The van der Waals surface area contributed by atoms with Gasteiger partial charge in [-0.1, -0.05) is 13.8 Å². The zero-order valence-electron chi connectivity index (χ0n) is 11.2. The monoisotopic (exact) mass is 244 g/mol. The van der Waals surface area contributed by atoms with Gasteiger partial charge in [0, 0.05) is 12.6 Å². The Bertz CT molecular complexity index is 173. The molecule has 0 spiro atoms. The summed E-state index contributed by atoms with van der Waals surface area (Å²) >= 11 is 1.97. The maximum atomic E-state index is 3.55. The van der Waals surface area contributed by atoms with Gasteiger partial charge in [0.1, 0.15) is 0 Å². The van der Waals surface area contributed by atoms with Gasteiger partial charge in [-0.05, 0) is 56.8 Å². The molecule has 0 aromatic carbocycles. The van der Waals surface area contributed by atoms with Crippen LogP contribution in [0.2, 0.25) is 0 Å². The molecule has 0 radical (unpaired) electrons. The first kappa shape index (κ1) is 14.3. The minimum absolute atomic E-state index is 0.635. The van der Waals surface area contributed by atoms with Gasteiger partial charge in [0.05, 0.1) is 0 Å². The molecule has 0 aromatic heterocycles. The van der Waals surface area contributed by atoms with Gasteiger partial charge in [-0.3, -0.25) is 0 Å². The van der Waals surface area contributed by atoms with Gasteiger partial charge in [0.25, 0.3) is 0 Å². The molecule has 0 aliphatic carbocycles. The van der Waals surface area contributed by atoms with Crippen molar-refractivity contribution in [3.8, 4) is 0 Å². The van der Waals surface area contributed by atoms with E-state index >= 15 is 0 Å². The van der Waals surface area contributed by atoms with Gasteiger partial charge in [-0.25, -0.2) is 0 Å². The minimum Gasteiger partial charge on any atom is -0.314 e. The highest BCUT2D eigenvalue weighted by Crippen LogP contribution is 2.16. The summed E-state index contributed by atoms with van der Waals surface area (Å²) in [5, 5.41) is 3.55. The van der Waals surface area contributed by atoms with Crippen LogP contribution >= 0.6 is 11.8 Å². The molecule has 1 atom stereocenters. The van der Waals surface area contributed by atoms with Crippen molar-refractivity contribution in [1.29, 1.82) is 0 Å². The number of thioether (sulfide) groups is 1. The predicted octanol–water partition coefficient (Wildman–Crippen LogP) is 2.45. The first-order valence-electron chi connectivity index (χ1n) is 6.67. The summed E-state index contributed by atoms with van der Waals surface area (Å²) in [7, 11) is 0. The smallest absolute Gasteiger partial charge is 0.00223 e. The molecule has 3 heteroatoms. The van der Waals surface area contributed by atoms with Crippen LogP contribution in [0.1, 0.15) is 33.1 Å². The second-order valence-electron chi connectivity index (χ2n) is 5.22. The number of rotatable bonds is 8. The number of likely N-dealkylation sites (tertiary alicyclic amines) is 1. The van der Waals surface area contributed by atoms with Crippen LogP contribution in [0.25, 0.3) is 0 Å². The number of nitrogens with one attached hydrogen (secondary N) is 1. The number of unbranched alkanes of at least 4 members (excludes halogenated alkanes) is 1. The second-order valence-corrected chi connectivity index (χ2v) is 6.20. The molecular formula is C13H28N2S. The SMILES string of the molecule is CSCCCCN1CCC(CNC(C)C)C1. The number of nitrogens with zero attached hydrogens (tertiary/aromatic N) is 1. The van der Waals surface area contributed by atoms with Gasteiger partial charge in [-0.15, -0.1) is 0 Å². The molecular weight excluding hydrogens is 216 g/mol. The standard InChI is InChI=1S/C13H28N2S/c1-12(2)14-10-13-6-8-15(11-13)7-4-5-9-16-3/h12-14H,4-11H2,1-3H3. The van der Waals surface area contributed by atoms with Crippen LogP contribution in [0, 0.1) is 5.92 Å². The number of hydrogen-bond acceptors (Lipinski definition) is 3. The lowest BCUT2D eigenvalue weighted by atomic mass is 10.1. The summed E-state index contributed by atoms with van der Waals surface area (Å²) < 4.78 is 0. The highest BCUT2D eigenvalue weighted by Gasteiger charge is 2.21. The average molecular weight is 244 g/mol. The molecule has 96 valence electrons. The lowest BCUT2D eigenvalue weighted by Gasteiger charge is -2.17. The maximum absolute atomic E-state index is 3.55. The van der Waals surface area contributed by atoms with Crippen LogP contribution < -0.4 is 5.32 Å². The van der Waals surface area contributed by atoms with Crippen LogP contribution in [0.5, 0.6) is 0 Å². The molecule has 2 nitrogen and oxygen atoms in total. The molecule has 1 rings (SSSR count). The summed E-state index contributed by atoms with van der Waals surface area (Å²) in [6.07, 6.45) is 6.35. The van der Waals surface area contributed by atoms with Crippen LogP contribution in [0.3, 0.4) is 0 Å². The predicted molar refractivity (Wildman–Crippen MR) is 75.3 cm³/mol. The van der Waals surface area contributed by atoms with E-state index in [0.29, 0.717) is 6.04 Å². The van der Waals surface area contributed by atoms with Crippen molar-refractivity contribution >= 4 is 11.8 Å². The van der Waals surface area contributed by atoms with Crippen molar-refractivity contribution in [2.45, 2.75) is 39.2 Å². The Hall–Kier alpha value is 0.270. The van der Waals surface area contributed by atoms with Gasteiger partial charge < -0.3 is 10.2 Å². The Balaban J connectivity index is 2.01. The van der Waals surface area contributed by atoms with Crippen molar-refractivity contribution < 1.29 is 0 Å². The molecule has 0 amide bonds. The van der Waals surface area contributed by atoms with Crippen LogP contribution in [-0.2, 0) is 0 Å². The molecule has 1 fully saturated rings. The molecule has 16 heavy (non-hydrogen) atoms. The minimum atomic E-state index is 0.635. The first-order valence-corrected chi connectivity index (χ1v) is 8.06. The maximum Gasteiger partial charge on any atom is 0.00223 e. The van der Waals surface area contributed by atoms with E-state index in [2.05, 4.69) is 30.3 Å². The topological polar surface area (TPSA) is 15.3 Å². The van der Waals surface area contributed by atoms with Crippen molar-refractivity contribution in [1.82, 2.24) is 10.2 Å². The summed E-state index contributed by atoms with van der Waals surface area (Å²) in [5.41, 5.74) is 0. The molecule has 1 aliphatic rings. The highest BCUT2D eigenvalue weighted by molar-refractivity contribution is 7.98. The molecule has 1 saturated heterocycles. The molecule has 1 aliphatic heterocycles. The van der Waals surface area contributed by atoms with E-state index in [4.69, 9.17) is 0 Å². The average Bonchev–Trinajstić information content (AvgIpc) is 2.70. The van der Waals surface area contributed by atoms with Crippen molar-refractivity contribution in [3.63, 3.8) is 0 Å². The zero-order valence-corrected chi connectivity index (χ0v) is 12.0. The molecule has 0 bridgehead atoms. The quantitative estimate of drug-likeness (QED) is 0.660. The Labute approximate surface area is 106 Å². The van der Waals surface area contributed by atoms with Crippen LogP contribution in [0.4, 0.5) is 0 Å². The van der Waals surface area contributed by atoms with E-state index in [9.17, 15) is 0 Å². The third-order valence-corrected chi connectivity index (χ3v) is 3.95. The van der Waals surface area contributed by atoms with Gasteiger partial charge in [-0.2, -0.15) is 11.8 Å². The Kier molecular flexibility index (Phi) is 7.50. The number of hydrogen-bond donors (Lipinski definition) is 1. The van der Waals surface area contributed by atoms with Crippen molar-refractivity contribution in [3.05, 3.63) is 0 Å². The van der Waals surface area contributed by atoms with Gasteiger partial charge >= 0.3 is 0 Å². The Morgan fingerprint density at radius 3 is 2.88 bits per heavy atom. The van der Waals surface area contributed by atoms with Gasteiger partial charge in [0.2, 0.25) is 0 Å². The highest BCUT2D eigenvalue weighted by atomic mass is 32.2. The molecule has 0 aromatic rings. The van der Waals surface area contributed by atoms with Crippen molar-refractivity contribution in [2.75, 3.05) is 38.2 Å². The van der Waals surface area contributed by atoms with E-state index in [1.165, 1.54) is 51.2 Å². The molecule has 1 N–H and O–H groups in total. The summed E-state index contributed by atoms with van der Waals surface area (Å²) in [5.74, 6) is 2.22. The Morgan fingerprint density at radius 2 is 2.19 bits per heavy atom. The summed E-state index contributed by atoms with van der Waals surface area (Å²) in [4.78, 5) is 2.65. The van der Waals surface area contributed by atoms with Crippen LogP contribution in [-0.4, -0.2) is 49.1 Å². The molecule has 1 unspecified atom stereocenters. The van der Waals surface area contributed by atoms with E-state index in [1.54, 1.807) is 0 Å². The zero-order chi connectivity index (χ0) is 11.8. The fourth-order valence-electron chi connectivity index (χ4n) is 2.27. The summed E-state index contributed by atoms with van der Waals surface area (Å²) in [6, 6.07) is 0.635. The fraction of sp³-hybridized carbons (Fsp3) is 1.00. The van der Waals surface area contributed by atoms with Crippen molar-refractivity contribution in [2.24, 2.45) is 5.92 Å². The van der Waals surface area contributed by atoms with E-state index in [0.717, 1.165) is 5.92 Å². The third-order valence-electron chi connectivity index (χ3n) is 3.26. The fourth-order valence-corrected chi connectivity index (χ4v) is 2.76. The third kappa shape index (κ3) is 6.12. The van der Waals surface area contributed by atoms with Gasteiger partial charge in [0.15, 0.2) is 0 Å². The molecule has 0 saturated carbocycles.